The van der Waals surface area contributed by atoms with Crippen LogP contribution < -0.4 is 5.32 Å². The number of carbonyl (C=O) groups is 2. The fourth-order valence-corrected chi connectivity index (χ4v) is 3.16. The largest absolute Gasteiger partial charge is 0.337 e. The number of benzene rings is 2. The summed E-state index contributed by atoms with van der Waals surface area (Å²) in [6.07, 6.45) is 3.66. The second-order valence-electron chi connectivity index (χ2n) is 6.87. The van der Waals surface area contributed by atoms with Crippen LogP contribution in [-0.2, 0) is 11.3 Å². The Bertz CT molecular complexity index is 1020. The summed E-state index contributed by atoms with van der Waals surface area (Å²) in [6, 6.07) is 11.1. The molecule has 1 heterocycles. The minimum absolute atomic E-state index is 0.0133. The summed E-state index contributed by atoms with van der Waals surface area (Å²) in [5.41, 5.74) is 1.58. The smallest absolute Gasteiger partial charge is 0.255 e. The van der Waals surface area contributed by atoms with E-state index in [-0.39, 0.29) is 24.3 Å². The van der Waals surface area contributed by atoms with E-state index in [2.05, 4.69) is 10.4 Å². The van der Waals surface area contributed by atoms with Gasteiger partial charge < -0.3 is 10.2 Å². The van der Waals surface area contributed by atoms with Gasteiger partial charge in [-0.2, -0.15) is 5.10 Å². The third-order valence-electron chi connectivity index (χ3n) is 4.80. The lowest BCUT2D eigenvalue weighted by Crippen LogP contribution is -2.33. The number of amides is 2. The van der Waals surface area contributed by atoms with Crippen LogP contribution in [-0.4, -0.2) is 33.5 Å². The van der Waals surface area contributed by atoms with Crippen LogP contribution in [0.5, 0.6) is 0 Å². The molecule has 1 atom stereocenters. The van der Waals surface area contributed by atoms with E-state index in [1.165, 1.54) is 47.3 Å². The second kappa shape index (κ2) is 9.30. The van der Waals surface area contributed by atoms with Crippen molar-refractivity contribution >= 4 is 17.5 Å². The van der Waals surface area contributed by atoms with Crippen molar-refractivity contribution in [2.24, 2.45) is 0 Å². The molecule has 2 aromatic carbocycles. The SMILES string of the molecule is CC[C@@H](c1ccc(F)cc1)N(C)C(=O)Cn1cc(NC(=O)c2ccc(F)cc2)cn1. The van der Waals surface area contributed by atoms with Gasteiger partial charge in [-0.05, 0) is 48.4 Å². The van der Waals surface area contributed by atoms with Gasteiger partial charge in [-0.3, -0.25) is 14.3 Å². The number of likely N-dealkylation sites (N-methyl/N-ethyl adjacent to an activating group) is 1. The number of rotatable bonds is 7. The number of hydrogen-bond acceptors (Lipinski definition) is 3. The zero-order chi connectivity index (χ0) is 21.7. The molecule has 0 aliphatic heterocycles. The number of anilines is 1. The van der Waals surface area contributed by atoms with Gasteiger partial charge in [0, 0.05) is 18.8 Å². The van der Waals surface area contributed by atoms with Gasteiger partial charge in [0.2, 0.25) is 5.91 Å². The maximum atomic E-state index is 13.2. The van der Waals surface area contributed by atoms with Gasteiger partial charge in [0.1, 0.15) is 18.2 Å². The molecular weight excluding hydrogens is 390 g/mol. The first-order chi connectivity index (χ1) is 14.4. The molecule has 0 saturated heterocycles. The molecule has 0 aliphatic carbocycles. The molecule has 30 heavy (non-hydrogen) atoms. The first-order valence-electron chi connectivity index (χ1n) is 9.48. The first-order valence-corrected chi connectivity index (χ1v) is 9.48. The van der Waals surface area contributed by atoms with E-state index in [0.29, 0.717) is 17.7 Å². The topological polar surface area (TPSA) is 67.2 Å². The van der Waals surface area contributed by atoms with E-state index in [1.54, 1.807) is 30.3 Å². The summed E-state index contributed by atoms with van der Waals surface area (Å²) in [5.74, 6) is -1.33. The Morgan fingerprint density at radius 2 is 1.67 bits per heavy atom. The molecule has 6 nitrogen and oxygen atoms in total. The van der Waals surface area contributed by atoms with E-state index in [9.17, 15) is 18.4 Å². The van der Waals surface area contributed by atoms with Crippen molar-refractivity contribution in [1.29, 1.82) is 0 Å². The van der Waals surface area contributed by atoms with Gasteiger partial charge in [0.15, 0.2) is 0 Å². The Morgan fingerprint density at radius 3 is 2.27 bits per heavy atom. The van der Waals surface area contributed by atoms with Crippen LogP contribution in [0, 0.1) is 11.6 Å². The Kier molecular flexibility index (Phi) is 6.56. The van der Waals surface area contributed by atoms with E-state index >= 15 is 0 Å². The fraction of sp³-hybridized carbons (Fsp3) is 0.227. The van der Waals surface area contributed by atoms with Crippen LogP contribution in [0.15, 0.2) is 60.9 Å². The minimum atomic E-state index is -0.423. The number of halogens is 2. The molecule has 0 spiro atoms. The summed E-state index contributed by atoms with van der Waals surface area (Å²) >= 11 is 0. The maximum Gasteiger partial charge on any atom is 0.255 e. The van der Waals surface area contributed by atoms with E-state index < -0.39 is 11.7 Å². The molecule has 0 unspecified atom stereocenters. The normalized spacial score (nSPS) is 11.7. The van der Waals surface area contributed by atoms with Crippen molar-refractivity contribution in [3.63, 3.8) is 0 Å². The van der Waals surface area contributed by atoms with Crippen molar-refractivity contribution in [2.45, 2.75) is 25.9 Å². The van der Waals surface area contributed by atoms with Gasteiger partial charge in [-0.15, -0.1) is 0 Å². The summed E-state index contributed by atoms with van der Waals surface area (Å²) in [7, 11) is 1.70. The number of nitrogens with zero attached hydrogens (tertiary/aromatic N) is 3. The molecule has 1 N–H and O–H groups in total. The Balaban J connectivity index is 1.62. The molecule has 0 aliphatic rings. The van der Waals surface area contributed by atoms with Crippen molar-refractivity contribution in [2.75, 3.05) is 12.4 Å². The number of nitrogens with one attached hydrogen (secondary N) is 1. The van der Waals surface area contributed by atoms with E-state index in [1.807, 2.05) is 6.92 Å². The highest BCUT2D eigenvalue weighted by Gasteiger charge is 2.21. The lowest BCUT2D eigenvalue weighted by atomic mass is 10.0. The summed E-state index contributed by atoms with van der Waals surface area (Å²) < 4.78 is 27.6. The van der Waals surface area contributed by atoms with Crippen LogP contribution in [0.4, 0.5) is 14.5 Å². The van der Waals surface area contributed by atoms with Crippen molar-refractivity contribution in [3.8, 4) is 0 Å². The van der Waals surface area contributed by atoms with Crippen LogP contribution in [0.1, 0.15) is 35.3 Å². The molecule has 156 valence electrons. The van der Waals surface area contributed by atoms with Gasteiger partial charge in [0.05, 0.1) is 17.9 Å². The zero-order valence-corrected chi connectivity index (χ0v) is 16.7. The molecule has 0 bridgehead atoms. The third kappa shape index (κ3) is 5.08. The van der Waals surface area contributed by atoms with Gasteiger partial charge in [0.25, 0.3) is 5.91 Å². The van der Waals surface area contributed by atoms with Crippen LogP contribution in [0.3, 0.4) is 0 Å². The highest BCUT2D eigenvalue weighted by atomic mass is 19.1. The molecule has 8 heteroatoms. The molecular formula is C22H22F2N4O2. The van der Waals surface area contributed by atoms with Crippen LogP contribution in [0.25, 0.3) is 0 Å². The van der Waals surface area contributed by atoms with E-state index in [4.69, 9.17) is 0 Å². The Hall–Kier alpha value is -3.55. The predicted octanol–water partition coefficient (Wildman–Crippen LogP) is 4.02. The average molecular weight is 412 g/mol. The molecule has 0 saturated carbocycles. The summed E-state index contributed by atoms with van der Waals surface area (Å²) in [6.45, 7) is 1.94. The van der Waals surface area contributed by atoms with Crippen molar-refractivity contribution in [3.05, 3.63) is 83.7 Å². The number of carbonyl (C=O) groups excluding carboxylic acids is 2. The van der Waals surface area contributed by atoms with Gasteiger partial charge in [-0.25, -0.2) is 8.78 Å². The summed E-state index contributed by atoms with van der Waals surface area (Å²) in [5, 5.41) is 6.77. The Morgan fingerprint density at radius 1 is 1.07 bits per heavy atom. The molecule has 3 rings (SSSR count). The minimum Gasteiger partial charge on any atom is -0.337 e. The van der Waals surface area contributed by atoms with Crippen molar-refractivity contribution in [1.82, 2.24) is 14.7 Å². The number of hydrogen-bond donors (Lipinski definition) is 1. The van der Waals surface area contributed by atoms with Gasteiger partial charge in [-0.1, -0.05) is 19.1 Å². The summed E-state index contributed by atoms with van der Waals surface area (Å²) in [4.78, 5) is 26.5. The highest BCUT2D eigenvalue weighted by Crippen LogP contribution is 2.23. The fourth-order valence-electron chi connectivity index (χ4n) is 3.16. The van der Waals surface area contributed by atoms with Crippen LogP contribution in [0.2, 0.25) is 0 Å². The first kappa shape index (κ1) is 21.2. The quantitative estimate of drug-likeness (QED) is 0.637. The lowest BCUT2D eigenvalue weighted by molar-refractivity contribution is -0.133. The monoisotopic (exact) mass is 412 g/mol. The average Bonchev–Trinajstić information content (AvgIpc) is 3.16. The molecule has 1 aromatic heterocycles. The molecule has 0 radical (unpaired) electrons. The standard InChI is InChI=1S/C22H22F2N4O2/c1-3-20(15-4-8-17(23)9-5-15)27(2)21(29)14-28-13-19(12-25-28)26-22(30)16-6-10-18(24)11-7-16/h4-13,20H,3,14H2,1-2H3,(H,26,30)/t20-/m0/s1. The van der Waals surface area contributed by atoms with Gasteiger partial charge >= 0.3 is 0 Å². The van der Waals surface area contributed by atoms with E-state index in [0.717, 1.165) is 5.56 Å². The molecule has 0 fully saturated rings. The maximum absolute atomic E-state index is 13.2. The highest BCUT2D eigenvalue weighted by molar-refractivity contribution is 6.04. The zero-order valence-electron chi connectivity index (χ0n) is 16.7. The van der Waals surface area contributed by atoms with Crippen molar-refractivity contribution < 1.29 is 18.4 Å². The second-order valence-corrected chi connectivity index (χ2v) is 6.87. The molecule has 3 aromatic rings. The third-order valence-corrected chi connectivity index (χ3v) is 4.80. The van der Waals surface area contributed by atoms with Crippen LogP contribution >= 0.6 is 0 Å². The number of aromatic nitrogens is 2. The lowest BCUT2D eigenvalue weighted by Gasteiger charge is -2.27. The molecule has 2 amide bonds. The predicted molar refractivity (Wildman–Crippen MR) is 109 cm³/mol. The Labute approximate surface area is 173 Å².